The number of nitrogens with zero attached hydrogens (tertiary/aromatic N) is 1. The molecule has 0 aliphatic carbocycles. The molecule has 1 unspecified atom stereocenters. The highest BCUT2D eigenvalue weighted by atomic mass is 19.1. The normalized spacial score (nSPS) is 18.6. The third-order valence-electron chi connectivity index (χ3n) is 3.18. The van der Waals surface area contributed by atoms with Gasteiger partial charge in [0.05, 0.1) is 5.69 Å². The van der Waals surface area contributed by atoms with Crippen LogP contribution in [0.2, 0.25) is 0 Å². The van der Waals surface area contributed by atoms with Crippen molar-refractivity contribution in [3.05, 3.63) is 29.3 Å². The first kappa shape index (κ1) is 13.3. The van der Waals surface area contributed by atoms with Crippen LogP contribution in [0.3, 0.4) is 0 Å². The van der Waals surface area contributed by atoms with E-state index in [-0.39, 0.29) is 12.2 Å². The van der Waals surface area contributed by atoms with Gasteiger partial charge in [0.2, 0.25) is 5.91 Å². The number of carbonyl (C=O) groups is 2. The van der Waals surface area contributed by atoms with Crippen LogP contribution in [0.4, 0.5) is 14.5 Å². The van der Waals surface area contributed by atoms with Crippen molar-refractivity contribution in [1.82, 2.24) is 4.90 Å². The summed E-state index contributed by atoms with van der Waals surface area (Å²) in [5, 5.41) is 0. The number of amides is 2. The molecule has 7 heteroatoms. The molecule has 1 fully saturated rings. The minimum Gasteiger partial charge on any atom is -0.396 e. The maximum Gasteiger partial charge on any atom is 0.260 e. The van der Waals surface area contributed by atoms with E-state index in [9.17, 15) is 18.4 Å². The Morgan fingerprint density at radius 3 is 2.63 bits per heavy atom. The highest BCUT2D eigenvalue weighted by molar-refractivity contribution is 5.98. The van der Waals surface area contributed by atoms with E-state index >= 15 is 0 Å². The maximum absolute atomic E-state index is 13.8. The van der Waals surface area contributed by atoms with E-state index in [0.717, 1.165) is 17.0 Å². The molecular weight excluding hydrogens is 256 g/mol. The molecule has 1 heterocycles. The van der Waals surface area contributed by atoms with Gasteiger partial charge >= 0.3 is 0 Å². The van der Waals surface area contributed by atoms with E-state index in [0.29, 0.717) is 12.8 Å². The number of hydrogen-bond donors (Lipinski definition) is 2. The quantitative estimate of drug-likeness (QED) is 0.772. The van der Waals surface area contributed by atoms with Gasteiger partial charge in [-0.1, -0.05) is 0 Å². The Morgan fingerprint density at radius 2 is 2.00 bits per heavy atom. The third kappa shape index (κ3) is 2.23. The molecule has 1 saturated heterocycles. The van der Waals surface area contributed by atoms with Crippen molar-refractivity contribution in [2.75, 3.05) is 12.3 Å². The highest BCUT2D eigenvalue weighted by Crippen LogP contribution is 2.25. The first-order valence-electron chi connectivity index (χ1n) is 5.77. The van der Waals surface area contributed by atoms with E-state index < -0.39 is 35.1 Å². The van der Waals surface area contributed by atoms with E-state index in [4.69, 9.17) is 11.5 Å². The van der Waals surface area contributed by atoms with Gasteiger partial charge in [-0.15, -0.1) is 0 Å². The van der Waals surface area contributed by atoms with Crippen LogP contribution in [0.15, 0.2) is 12.1 Å². The van der Waals surface area contributed by atoms with Crippen LogP contribution in [0.25, 0.3) is 0 Å². The largest absolute Gasteiger partial charge is 0.396 e. The fraction of sp³-hybridized carbons (Fsp3) is 0.333. The summed E-state index contributed by atoms with van der Waals surface area (Å²) < 4.78 is 27.4. The molecule has 4 N–H and O–H groups in total. The standard InChI is InChI=1S/C12H13F2N3O2/c13-6-3-4-7(15)10(14)9(6)12(19)17-5-1-2-8(17)11(16)18/h3-4,8H,1-2,5,15H2,(H2,16,18). The monoisotopic (exact) mass is 269 g/mol. The number of anilines is 1. The molecular formula is C12H13F2N3O2. The predicted molar refractivity (Wildman–Crippen MR) is 64.0 cm³/mol. The summed E-state index contributed by atoms with van der Waals surface area (Å²) in [7, 11) is 0. The second-order valence-corrected chi connectivity index (χ2v) is 4.38. The van der Waals surface area contributed by atoms with Gasteiger partial charge < -0.3 is 16.4 Å². The smallest absolute Gasteiger partial charge is 0.260 e. The molecule has 0 bridgehead atoms. The zero-order chi connectivity index (χ0) is 14.2. The van der Waals surface area contributed by atoms with Gasteiger partial charge in [-0.2, -0.15) is 0 Å². The molecule has 1 aromatic rings. The fourth-order valence-electron chi connectivity index (χ4n) is 2.21. The van der Waals surface area contributed by atoms with Crippen LogP contribution in [-0.4, -0.2) is 29.3 Å². The number of nitrogen functional groups attached to an aromatic ring is 1. The molecule has 5 nitrogen and oxygen atoms in total. The molecule has 0 spiro atoms. The number of carbonyl (C=O) groups excluding carboxylic acids is 2. The number of rotatable bonds is 2. The lowest BCUT2D eigenvalue weighted by atomic mass is 10.1. The van der Waals surface area contributed by atoms with E-state index in [1.807, 2.05) is 0 Å². The molecule has 102 valence electrons. The van der Waals surface area contributed by atoms with Crippen LogP contribution in [-0.2, 0) is 4.79 Å². The lowest BCUT2D eigenvalue weighted by Gasteiger charge is -2.22. The van der Waals surface area contributed by atoms with Crippen LogP contribution in [0.1, 0.15) is 23.2 Å². The van der Waals surface area contributed by atoms with E-state index in [2.05, 4.69) is 0 Å². The van der Waals surface area contributed by atoms with E-state index in [1.54, 1.807) is 0 Å². The molecule has 0 aromatic heterocycles. The zero-order valence-electron chi connectivity index (χ0n) is 10.0. The van der Waals surface area contributed by atoms with Crippen LogP contribution >= 0.6 is 0 Å². The molecule has 19 heavy (non-hydrogen) atoms. The maximum atomic E-state index is 13.8. The minimum absolute atomic E-state index is 0.236. The van der Waals surface area contributed by atoms with Crippen LogP contribution < -0.4 is 11.5 Å². The van der Waals surface area contributed by atoms with Crippen molar-refractivity contribution in [2.24, 2.45) is 5.73 Å². The summed E-state index contributed by atoms with van der Waals surface area (Å²) in [5.74, 6) is -3.70. The molecule has 1 aliphatic rings. The van der Waals surface area contributed by atoms with Gasteiger partial charge in [0, 0.05) is 6.54 Å². The minimum atomic E-state index is -1.11. The SMILES string of the molecule is NC(=O)C1CCCN1C(=O)c1c(F)ccc(N)c1F. The van der Waals surface area contributed by atoms with Crippen molar-refractivity contribution >= 4 is 17.5 Å². The second-order valence-electron chi connectivity index (χ2n) is 4.38. The molecule has 1 atom stereocenters. The summed E-state index contributed by atoms with van der Waals surface area (Å²) in [6.07, 6.45) is 0.956. The number of hydrogen-bond acceptors (Lipinski definition) is 3. The third-order valence-corrected chi connectivity index (χ3v) is 3.18. The van der Waals surface area contributed by atoms with Crippen molar-refractivity contribution in [3.63, 3.8) is 0 Å². The fourth-order valence-corrected chi connectivity index (χ4v) is 2.21. The molecule has 0 radical (unpaired) electrons. The van der Waals surface area contributed by atoms with Crippen molar-refractivity contribution < 1.29 is 18.4 Å². The topological polar surface area (TPSA) is 89.4 Å². The summed E-state index contributed by atoms with van der Waals surface area (Å²) in [5.41, 5.74) is 9.42. The molecule has 1 aromatic carbocycles. The average molecular weight is 269 g/mol. The number of nitrogens with two attached hydrogens (primary N) is 2. The van der Waals surface area contributed by atoms with Gasteiger partial charge in [-0.05, 0) is 25.0 Å². The number of primary amides is 1. The first-order chi connectivity index (χ1) is 8.93. The van der Waals surface area contributed by atoms with Crippen molar-refractivity contribution in [1.29, 1.82) is 0 Å². The average Bonchev–Trinajstić information content (AvgIpc) is 2.83. The Labute approximate surface area is 108 Å². The Balaban J connectivity index is 2.40. The Bertz CT molecular complexity index is 548. The van der Waals surface area contributed by atoms with Gasteiger partial charge in [0.15, 0.2) is 5.82 Å². The van der Waals surface area contributed by atoms with Gasteiger partial charge in [-0.3, -0.25) is 9.59 Å². The van der Waals surface area contributed by atoms with Crippen LogP contribution in [0.5, 0.6) is 0 Å². The Morgan fingerprint density at radius 1 is 1.32 bits per heavy atom. The summed E-state index contributed by atoms with van der Waals surface area (Å²) in [6, 6.07) is 1.13. The number of benzene rings is 1. The molecule has 1 aliphatic heterocycles. The van der Waals surface area contributed by atoms with Gasteiger partial charge in [0.25, 0.3) is 5.91 Å². The number of halogens is 2. The van der Waals surface area contributed by atoms with Gasteiger partial charge in [0.1, 0.15) is 17.4 Å². The first-order valence-corrected chi connectivity index (χ1v) is 5.77. The molecule has 2 rings (SSSR count). The highest BCUT2D eigenvalue weighted by Gasteiger charge is 2.35. The lowest BCUT2D eigenvalue weighted by Crippen LogP contribution is -2.44. The Kier molecular flexibility index (Phi) is 3.37. The van der Waals surface area contributed by atoms with Crippen molar-refractivity contribution in [3.8, 4) is 0 Å². The summed E-state index contributed by atoms with van der Waals surface area (Å²) >= 11 is 0. The summed E-state index contributed by atoms with van der Waals surface area (Å²) in [4.78, 5) is 24.4. The Hall–Kier alpha value is -2.18. The molecule has 2 amide bonds. The second kappa shape index (κ2) is 4.83. The number of likely N-dealkylation sites (tertiary alicyclic amines) is 1. The van der Waals surface area contributed by atoms with Crippen molar-refractivity contribution in [2.45, 2.75) is 18.9 Å². The van der Waals surface area contributed by atoms with Crippen LogP contribution in [0, 0.1) is 11.6 Å². The zero-order valence-corrected chi connectivity index (χ0v) is 10.0. The van der Waals surface area contributed by atoms with E-state index in [1.165, 1.54) is 0 Å². The van der Waals surface area contributed by atoms with Gasteiger partial charge in [-0.25, -0.2) is 8.78 Å². The molecule has 0 saturated carbocycles. The summed E-state index contributed by atoms with van der Waals surface area (Å²) in [6.45, 7) is 0.236. The lowest BCUT2D eigenvalue weighted by molar-refractivity contribution is -0.121. The predicted octanol–water partition coefficient (Wildman–Crippen LogP) is 0.637.